The number of anilines is 3. The molecule has 0 saturated carbocycles. The third kappa shape index (κ3) is 5.17. The number of nitrogens with zero attached hydrogens (tertiary/aromatic N) is 1. The van der Waals surface area contributed by atoms with Crippen molar-refractivity contribution >= 4 is 60.5 Å². The molecule has 69 heavy (non-hydrogen) atoms. The van der Waals surface area contributed by atoms with Gasteiger partial charge in [0.25, 0.3) is 0 Å². The third-order valence-corrected chi connectivity index (χ3v) is 15.7. The van der Waals surface area contributed by atoms with Crippen LogP contribution in [0.25, 0.3) is 76.9 Å². The maximum Gasteiger partial charge on any atom is 0.140 e. The van der Waals surface area contributed by atoms with E-state index in [0.29, 0.717) is 0 Å². The number of ether oxygens (including phenoxy) is 1. The molecule has 1 spiro atoms. The van der Waals surface area contributed by atoms with Gasteiger partial charge in [-0.2, -0.15) is 0 Å². The molecule has 0 radical (unpaired) electrons. The molecule has 3 aliphatic rings. The largest absolute Gasteiger partial charge is 0.456 e. The number of hydrogen-bond acceptors (Lipinski definition) is 3. The van der Waals surface area contributed by atoms with Crippen molar-refractivity contribution in [3.63, 3.8) is 0 Å². The fourth-order valence-electron chi connectivity index (χ4n) is 12.6. The molecule has 11 aromatic carbocycles. The Morgan fingerprint density at radius 1 is 0.362 bits per heavy atom. The zero-order chi connectivity index (χ0) is 45.6. The summed E-state index contributed by atoms with van der Waals surface area (Å²) in [5.41, 5.74) is 19.0. The molecule has 0 saturated heterocycles. The second kappa shape index (κ2) is 13.9. The first-order chi connectivity index (χ1) is 34.0. The Balaban J connectivity index is 0.990. The van der Waals surface area contributed by atoms with Gasteiger partial charge in [-0.3, -0.25) is 0 Å². The summed E-state index contributed by atoms with van der Waals surface area (Å²) in [7, 11) is 0. The Morgan fingerprint density at radius 3 is 1.70 bits per heavy atom. The predicted molar refractivity (Wildman–Crippen MR) is 284 cm³/mol. The van der Waals surface area contributed by atoms with Crippen LogP contribution in [0.5, 0.6) is 11.5 Å². The van der Waals surface area contributed by atoms with E-state index < -0.39 is 5.41 Å². The summed E-state index contributed by atoms with van der Waals surface area (Å²) in [6, 6.07) is 82.6. The van der Waals surface area contributed by atoms with E-state index in [0.717, 1.165) is 94.3 Å². The van der Waals surface area contributed by atoms with Gasteiger partial charge in [0.2, 0.25) is 0 Å². The summed E-state index contributed by atoms with van der Waals surface area (Å²) in [6.45, 7) is 4.73. The summed E-state index contributed by atoms with van der Waals surface area (Å²) >= 11 is 0. The van der Waals surface area contributed by atoms with Crippen LogP contribution >= 0.6 is 0 Å². The number of hydrogen-bond donors (Lipinski definition) is 0. The van der Waals surface area contributed by atoms with E-state index in [9.17, 15) is 0 Å². The Bertz CT molecular complexity index is 4070. The zero-order valence-electron chi connectivity index (χ0n) is 38.1. The van der Waals surface area contributed by atoms with E-state index in [-0.39, 0.29) is 5.41 Å². The molecule has 0 fully saturated rings. The van der Waals surface area contributed by atoms with Crippen LogP contribution in [0, 0.1) is 0 Å². The molecular weight excluding hydrogens is 839 g/mol. The lowest BCUT2D eigenvalue weighted by atomic mass is 9.65. The highest BCUT2D eigenvalue weighted by Crippen LogP contribution is 2.65. The molecule has 1 aromatic heterocycles. The van der Waals surface area contributed by atoms with E-state index in [1.54, 1.807) is 0 Å². The summed E-state index contributed by atoms with van der Waals surface area (Å²) < 4.78 is 13.7. The molecule has 324 valence electrons. The van der Waals surface area contributed by atoms with Gasteiger partial charge in [0, 0.05) is 55.0 Å². The first-order valence-corrected chi connectivity index (χ1v) is 24.0. The van der Waals surface area contributed by atoms with Crippen LogP contribution in [0.15, 0.2) is 229 Å². The van der Waals surface area contributed by atoms with Crippen molar-refractivity contribution in [3.05, 3.63) is 258 Å². The topological polar surface area (TPSA) is 25.6 Å². The summed E-state index contributed by atoms with van der Waals surface area (Å²) in [4.78, 5) is 2.50. The summed E-state index contributed by atoms with van der Waals surface area (Å²) in [6.07, 6.45) is 0. The fourth-order valence-corrected chi connectivity index (χ4v) is 12.6. The standard InChI is InChI=1S/C66H43NO2/c1-65(2)53-21-10-8-20-52(53)62-55(65)23-13-24-59(62)67(44-31-26-40(27-32-44)43-28-34-51-50-19-9-12-25-60(50)68-61(51)38-43)45-33-35-49-48-18-7-11-22-54(48)66(58(49)39-45)56-36-29-41-14-3-5-16-46(41)63(56)69-64-47-17-6-4-15-42(47)30-37-57(64)66/h3-39H,1-2H3. The molecule has 1 aliphatic heterocycles. The van der Waals surface area contributed by atoms with Crippen LogP contribution in [0.3, 0.4) is 0 Å². The molecule has 2 heterocycles. The van der Waals surface area contributed by atoms with Gasteiger partial charge < -0.3 is 14.1 Å². The molecule has 0 bridgehead atoms. The smallest absolute Gasteiger partial charge is 0.140 e. The highest BCUT2D eigenvalue weighted by Gasteiger charge is 2.52. The Labute approximate surface area is 400 Å². The molecule has 0 unspecified atom stereocenters. The maximum absolute atomic E-state index is 7.31. The third-order valence-electron chi connectivity index (χ3n) is 15.7. The van der Waals surface area contributed by atoms with Crippen LogP contribution in [0.2, 0.25) is 0 Å². The molecular formula is C66H43NO2. The minimum atomic E-state index is -0.684. The van der Waals surface area contributed by atoms with Crippen molar-refractivity contribution in [2.75, 3.05) is 4.90 Å². The molecule has 12 aromatic rings. The quantitative estimate of drug-likeness (QED) is 0.176. The summed E-state index contributed by atoms with van der Waals surface area (Å²) in [5, 5.41) is 6.80. The lowest BCUT2D eigenvalue weighted by Crippen LogP contribution is -2.32. The van der Waals surface area contributed by atoms with Crippen LogP contribution in [0.1, 0.15) is 47.2 Å². The predicted octanol–water partition coefficient (Wildman–Crippen LogP) is 17.8. The molecule has 0 atom stereocenters. The van der Waals surface area contributed by atoms with E-state index in [1.807, 2.05) is 12.1 Å². The van der Waals surface area contributed by atoms with E-state index in [2.05, 4.69) is 231 Å². The fraction of sp³-hybridized carbons (Fsp3) is 0.0606. The first-order valence-electron chi connectivity index (χ1n) is 24.0. The van der Waals surface area contributed by atoms with Crippen LogP contribution < -0.4 is 9.64 Å². The highest BCUT2D eigenvalue weighted by atomic mass is 16.5. The van der Waals surface area contributed by atoms with Crippen molar-refractivity contribution in [2.24, 2.45) is 0 Å². The molecule has 3 heteroatoms. The van der Waals surface area contributed by atoms with E-state index >= 15 is 0 Å². The van der Waals surface area contributed by atoms with Crippen molar-refractivity contribution < 1.29 is 9.15 Å². The van der Waals surface area contributed by atoms with Gasteiger partial charge in [-0.15, -0.1) is 0 Å². The van der Waals surface area contributed by atoms with Gasteiger partial charge in [0.05, 0.1) is 11.1 Å². The minimum absolute atomic E-state index is 0.169. The van der Waals surface area contributed by atoms with Crippen molar-refractivity contribution in [3.8, 4) is 44.9 Å². The van der Waals surface area contributed by atoms with Crippen molar-refractivity contribution in [1.29, 1.82) is 0 Å². The van der Waals surface area contributed by atoms with Gasteiger partial charge in [0.15, 0.2) is 0 Å². The normalized spacial score (nSPS) is 14.3. The molecule has 0 N–H and O–H groups in total. The number of rotatable bonds is 4. The van der Waals surface area contributed by atoms with E-state index in [4.69, 9.17) is 9.15 Å². The van der Waals surface area contributed by atoms with Crippen molar-refractivity contribution in [1.82, 2.24) is 0 Å². The molecule has 2 aliphatic carbocycles. The number of benzene rings is 11. The molecule has 0 amide bonds. The average molecular weight is 882 g/mol. The number of para-hydroxylation sites is 1. The lowest BCUT2D eigenvalue weighted by molar-refractivity contribution is 0.447. The SMILES string of the molecule is CC1(C)c2ccccc2-c2c(N(c3ccc(-c4ccc5c(c4)oc4ccccc45)cc3)c3ccc4c(c3)C3(c5ccccc5-4)c4ccc5ccccc5c4Oc4c3ccc3ccccc43)cccc21. The average Bonchev–Trinajstić information content (AvgIpc) is 4.00. The van der Waals surface area contributed by atoms with Crippen LogP contribution in [-0.4, -0.2) is 0 Å². The van der Waals surface area contributed by atoms with Gasteiger partial charge in [-0.25, -0.2) is 0 Å². The Kier molecular flexibility index (Phi) is 7.77. The van der Waals surface area contributed by atoms with Gasteiger partial charge in [-0.05, 0) is 109 Å². The first kappa shape index (κ1) is 38.4. The van der Waals surface area contributed by atoms with Gasteiger partial charge >= 0.3 is 0 Å². The lowest BCUT2D eigenvalue weighted by Gasteiger charge is -2.40. The monoisotopic (exact) mass is 881 g/mol. The molecule has 15 rings (SSSR count). The van der Waals surface area contributed by atoms with Crippen LogP contribution in [0.4, 0.5) is 17.1 Å². The number of furan rings is 1. The van der Waals surface area contributed by atoms with Crippen molar-refractivity contribution in [2.45, 2.75) is 24.7 Å². The van der Waals surface area contributed by atoms with E-state index in [1.165, 1.54) is 44.5 Å². The minimum Gasteiger partial charge on any atom is -0.456 e. The van der Waals surface area contributed by atoms with Crippen LogP contribution in [-0.2, 0) is 10.8 Å². The Morgan fingerprint density at radius 2 is 0.942 bits per heavy atom. The van der Waals surface area contributed by atoms with Gasteiger partial charge in [0.1, 0.15) is 22.7 Å². The Hall–Kier alpha value is -8.66. The van der Waals surface area contributed by atoms with Gasteiger partial charge in [-0.1, -0.05) is 190 Å². The maximum atomic E-state index is 7.31. The molecule has 3 nitrogen and oxygen atoms in total. The second-order valence-corrected chi connectivity index (χ2v) is 19.5. The zero-order valence-corrected chi connectivity index (χ0v) is 38.1. The number of fused-ring (bicyclic) bond motifs is 19. The summed E-state index contributed by atoms with van der Waals surface area (Å²) in [5.74, 6) is 1.83. The second-order valence-electron chi connectivity index (χ2n) is 19.5. The highest BCUT2D eigenvalue weighted by molar-refractivity contribution is 6.06.